The van der Waals surface area contributed by atoms with Crippen LogP contribution in [0.5, 0.6) is 0 Å². The van der Waals surface area contributed by atoms with Crippen LogP contribution in [0.4, 0.5) is 4.39 Å². The SMILES string of the molecule is CC(NCC1CCC(O)CC1)c1ccc(F)cc1. The zero-order valence-electron chi connectivity index (χ0n) is 10.9. The monoisotopic (exact) mass is 251 g/mol. The van der Waals surface area contributed by atoms with Crippen LogP contribution < -0.4 is 5.32 Å². The fourth-order valence-corrected chi connectivity index (χ4v) is 2.56. The van der Waals surface area contributed by atoms with Crippen LogP contribution >= 0.6 is 0 Å². The van der Waals surface area contributed by atoms with E-state index in [4.69, 9.17) is 0 Å². The van der Waals surface area contributed by atoms with Crippen LogP contribution in [0.15, 0.2) is 24.3 Å². The minimum atomic E-state index is -0.188. The van der Waals surface area contributed by atoms with Gasteiger partial charge in [-0.25, -0.2) is 4.39 Å². The van der Waals surface area contributed by atoms with Crippen molar-refractivity contribution in [3.8, 4) is 0 Å². The van der Waals surface area contributed by atoms with Crippen LogP contribution in [0.3, 0.4) is 0 Å². The van der Waals surface area contributed by atoms with E-state index in [9.17, 15) is 9.50 Å². The third kappa shape index (κ3) is 3.79. The number of hydrogen-bond donors (Lipinski definition) is 2. The van der Waals surface area contributed by atoms with Crippen molar-refractivity contribution in [2.75, 3.05) is 6.54 Å². The molecule has 0 radical (unpaired) electrons. The summed E-state index contributed by atoms with van der Waals surface area (Å²) >= 11 is 0. The molecule has 0 bridgehead atoms. The van der Waals surface area contributed by atoms with E-state index >= 15 is 0 Å². The fourth-order valence-electron chi connectivity index (χ4n) is 2.56. The molecule has 2 nitrogen and oxygen atoms in total. The molecule has 2 N–H and O–H groups in total. The van der Waals surface area contributed by atoms with Crippen LogP contribution in [0.1, 0.15) is 44.2 Å². The molecule has 1 aliphatic rings. The molecule has 0 spiro atoms. The molecule has 0 saturated heterocycles. The van der Waals surface area contributed by atoms with Crippen molar-refractivity contribution in [2.45, 2.75) is 44.8 Å². The maximum absolute atomic E-state index is 12.8. The topological polar surface area (TPSA) is 32.3 Å². The third-order valence-electron chi connectivity index (χ3n) is 3.90. The number of hydrogen-bond acceptors (Lipinski definition) is 2. The predicted octanol–water partition coefficient (Wildman–Crippen LogP) is 3.03. The maximum atomic E-state index is 12.8. The van der Waals surface area contributed by atoms with E-state index in [-0.39, 0.29) is 18.0 Å². The van der Waals surface area contributed by atoms with Gasteiger partial charge in [-0.1, -0.05) is 12.1 Å². The molecule has 0 aromatic heterocycles. The quantitative estimate of drug-likeness (QED) is 0.862. The van der Waals surface area contributed by atoms with Gasteiger partial charge in [0.05, 0.1) is 6.10 Å². The summed E-state index contributed by atoms with van der Waals surface area (Å²) in [6.07, 6.45) is 3.97. The average molecular weight is 251 g/mol. The van der Waals surface area contributed by atoms with Gasteiger partial charge in [-0.2, -0.15) is 0 Å². The molecule has 1 unspecified atom stereocenters. The first-order valence-electron chi connectivity index (χ1n) is 6.82. The minimum Gasteiger partial charge on any atom is -0.393 e. The molecule has 0 amide bonds. The first-order chi connectivity index (χ1) is 8.65. The lowest BCUT2D eigenvalue weighted by Crippen LogP contribution is -2.29. The number of aliphatic hydroxyl groups is 1. The molecule has 1 saturated carbocycles. The summed E-state index contributed by atoms with van der Waals surface area (Å²) < 4.78 is 12.8. The van der Waals surface area contributed by atoms with Crippen molar-refractivity contribution >= 4 is 0 Å². The van der Waals surface area contributed by atoms with Gasteiger partial charge in [-0.05, 0) is 62.8 Å². The average Bonchev–Trinajstić information content (AvgIpc) is 2.38. The molecular formula is C15H22FNO. The summed E-state index contributed by atoms with van der Waals surface area (Å²) in [6, 6.07) is 6.92. The summed E-state index contributed by atoms with van der Waals surface area (Å²) in [5.74, 6) is 0.475. The highest BCUT2D eigenvalue weighted by atomic mass is 19.1. The molecular weight excluding hydrogens is 229 g/mol. The third-order valence-corrected chi connectivity index (χ3v) is 3.90. The normalized spacial score (nSPS) is 25.9. The van der Waals surface area contributed by atoms with E-state index < -0.39 is 0 Å². The van der Waals surface area contributed by atoms with Crippen molar-refractivity contribution in [1.29, 1.82) is 0 Å². The number of rotatable bonds is 4. The summed E-state index contributed by atoms with van der Waals surface area (Å²) in [5, 5.41) is 13.0. The van der Waals surface area contributed by atoms with Gasteiger partial charge in [0, 0.05) is 6.04 Å². The molecule has 0 aliphatic heterocycles. The summed E-state index contributed by atoms with van der Waals surface area (Å²) in [6.45, 7) is 3.08. The smallest absolute Gasteiger partial charge is 0.123 e. The Hall–Kier alpha value is -0.930. The van der Waals surface area contributed by atoms with E-state index in [0.717, 1.165) is 37.8 Å². The van der Waals surface area contributed by atoms with Crippen molar-refractivity contribution < 1.29 is 9.50 Å². The second-order valence-corrected chi connectivity index (χ2v) is 5.36. The lowest BCUT2D eigenvalue weighted by atomic mass is 9.87. The van der Waals surface area contributed by atoms with Crippen LogP contribution in [-0.4, -0.2) is 17.8 Å². The Kier molecular flexibility index (Phi) is 4.72. The number of nitrogens with one attached hydrogen (secondary N) is 1. The Morgan fingerprint density at radius 2 is 1.83 bits per heavy atom. The Morgan fingerprint density at radius 1 is 1.22 bits per heavy atom. The summed E-state index contributed by atoms with van der Waals surface area (Å²) in [4.78, 5) is 0. The van der Waals surface area contributed by atoms with Crippen LogP contribution in [0.25, 0.3) is 0 Å². The molecule has 0 heterocycles. The van der Waals surface area contributed by atoms with E-state index in [1.54, 1.807) is 0 Å². The van der Waals surface area contributed by atoms with E-state index in [1.165, 1.54) is 12.1 Å². The lowest BCUT2D eigenvalue weighted by Gasteiger charge is -2.27. The molecule has 3 heteroatoms. The van der Waals surface area contributed by atoms with Gasteiger partial charge in [0.15, 0.2) is 0 Å². The largest absolute Gasteiger partial charge is 0.393 e. The first kappa shape index (κ1) is 13.5. The van der Waals surface area contributed by atoms with Gasteiger partial charge < -0.3 is 10.4 Å². The van der Waals surface area contributed by atoms with Gasteiger partial charge >= 0.3 is 0 Å². The Labute approximate surface area is 108 Å². The molecule has 1 aliphatic carbocycles. The minimum absolute atomic E-state index is 0.0872. The predicted molar refractivity (Wildman–Crippen MR) is 70.8 cm³/mol. The van der Waals surface area contributed by atoms with Gasteiger partial charge in [-0.3, -0.25) is 0 Å². The molecule has 100 valence electrons. The molecule has 2 rings (SSSR count). The van der Waals surface area contributed by atoms with Crippen molar-refractivity contribution in [2.24, 2.45) is 5.92 Å². The highest BCUT2D eigenvalue weighted by molar-refractivity contribution is 5.19. The molecule has 1 aromatic rings. The van der Waals surface area contributed by atoms with E-state index in [1.807, 2.05) is 12.1 Å². The van der Waals surface area contributed by atoms with Crippen LogP contribution in [0.2, 0.25) is 0 Å². The van der Waals surface area contributed by atoms with Gasteiger partial charge in [0.2, 0.25) is 0 Å². The Morgan fingerprint density at radius 3 is 2.44 bits per heavy atom. The Bertz CT molecular complexity index is 357. The zero-order valence-corrected chi connectivity index (χ0v) is 10.9. The van der Waals surface area contributed by atoms with Gasteiger partial charge in [0.1, 0.15) is 5.82 Å². The Balaban J connectivity index is 1.77. The highest BCUT2D eigenvalue weighted by Crippen LogP contribution is 2.24. The number of halogens is 1. The van der Waals surface area contributed by atoms with E-state index in [0.29, 0.717) is 5.92 Å². The van der Waals surface area contributed by atoms with Crippen molar-refractivity contribution in [1.82, 2.24) is 5.32 Å². The number of benzene rings is 1. The van der Waals surface area contributed by atoms with E-state index in [2.05, 4.69) is 12.2 Å². The van der Waals surface area contributed by atoms with Crippen molar-refractivity contribution in [3.63, 3.8) is 0 Å². The van der Waals surface area contributed by atoms with Crippen LogP contribution in [0, 0.1) is 11.7 Å². The summed E-state index contributed by atoms with van der Waals surface area (Å²) in [5.41, 5.74) is 1.12. The lowest BCUT2D eigenvalue weighted by molar-refractivity contribution is 0.108. The fraction of sp³-hybridized carbons (Fsp3) is 0.600. The number of aliphatic hydroxyl groups excluding tert-OH is 1. The molecule has 1 aromatic carbocycles. The second-order valence-electron chi connectivity index (χ2n) is 5.36. The standard InChI is InChI=1S/C15H22FNO/c1-11(13-4-6-14(16)7-5-13)17-10-12-2-8-15(18)9-3-12/h4-7,11-12,15,17-18H,2-3,8-10H2,1H3. The molecule has 1 atom stereocenters. The van der Waals surface area contributed by atoms with Crippen molar-refractivity contribution in [3.05, 3.63) is 35.6 Å². The molecule has 18 heavy (non-hydrogen) atoms. The highest BCUT2D eigenvalue weighted by Gasteiger charge is 2.19. The van der Waals surface area contributed by atoms with Gasteiger partial charge in [0.25, 0.3) is 0 Å². The maximum Gasteiger partial charge on any atom is 0.123 e. The van der Waals surface area contributed by atoms with Crippen LogP contribution in [-0.2, 0) is 0 Å². The molecule has 1 fully saturated rings. The summed E-state index contributed by atoms with van der Waals surface area (Å²) in [7, 11) is 0. The van der Waals surface area contributed by atoms with Gasteiger partial charge in [-0.15, -0.1) is 0 Å². The first-order valence-corrected chi connectivity index (χ1v) is 6.82. The second kappa shape index (κ2) is 6.30. The zero-order chi connectivity index (χ0) is 13.0.